The number of hydrogen-bond acceptors (Lipinski definition) is 3. The molecule has 0 saturated heterocycles. The highest BCUT2D eigenvalue weighted by atomic mass is 19.1. The second-order valence-corrected chi connectivity index (χ2v) is 4.39. The summed E-state index contributed by atoms with van der Waals surface area (Å²) in [5, 5.41) is 11.8. The smallest absolute Gasteiger partial charge is 0.223 e. The fourth-order valence-electron chi connectivity index (χ4n) is 1.58. The Morgan fingerprint density at radius 2 is 2.22 bits per heavy atom. The van der Waals surface area contributed by atoms with Crippen molar-refractivity contribution >= 4 is 5.91 Å². The number of rotatable bonds is 6. The summed E-state index contributed by atoms with van der Waals surface area (Å²) in [6.07, 6.45) is 2.36. The summed E-state index contributed by atoms with van der Waals surface area (Å²) >= 11 is 0. The van der Waals surface area contributed by atoms with Crippen molar-refractivity contribution in [2.45, 2.75) is 31.9 Å². The van der Waals surface area contributed by atoms with Crippen molar-refractivity contribution < 1.29 is 19.0 Å². The summed E-state index contributed by atoms with van der Waals surface area (Å²) < 4.78 is 18.4. The zero-order valence-corrected chi connectivity index (χ0v) is 9.99. The minimum absolute atomic E-state index is 0.0451. The Hall–Kier alpha value is -1.62. The topological polar surface area (TPSA) is 58.6 Å². The molecule has 2 N–H and O–H groups in total. The van der Waals surface area contributed by atoms with Gasteiger partial charge in [-0.15, -0.1) is 0 Å². The number of halogens is 1. The Morgan fingerprint density at radius 1 is 1.44 bits per heavy atom. The Balaban J connectivity index is 1.78. The highest BCUT2D eigenvalue weighted by Gasteiger charge is 2.22. The van der Waals surface area contributed by atoms with E-state index in [1.807, 2.05) is 0 Å². The van der Waals surface area contributed by atoms with E-state index in [1.54, 1.807) is 6.07 Å². The number of nitrogens with one attached hydrogen (secondary N) is 1. The number of carbonyl (C=O) groups excluding carboxylic acids is 1. The Morgan fingerprint density at radius 3 is 2.89 bits per heavy atom. The standard InChI is InChI=1S/C13H16FNO3/c14-10-5-9(8-16)6-12(7-10)18-4-3-13(17)15-11-1-2-11/h5-7,11,16H,1-4,8H2,(H,15,17). The lowest BCUT2D eigenvalue weighted by molar-refractivity contribution is -0.121. The summed E-state index contributed by atoms with van der Waals surface area (Å²) in [7, 11) is 0. The number of carbonyl (C=O) groups is 1. The number of hydrogen-bond donors (Lipinski definition) is 2. The van der Waals surface area contributed by atoms with Gasteiger partial charge in [0.05, 0.1) is 19.6 Å². The summed E-state index contributed by atoms with van der Waals surface area (Å²) in [4.78, 5) is 11.4. The quantitative estimate of drug-likeness (QED) is 0.805. The number of ether oxygens (including phenoxy) is 1. The third-order valence-electron chi connectivity index (χ3n) is 2.65. The SMILES string of the molecule is O=C(CCOc1cc(F)cc(CO)c1)NC1CC1. The van der Waals surface area contributed by atoms with Crippen LogP contribution in [0.1, 0.15) is 24.8 Å². The van der Waals surface area contributed by atoms with E-state index in [0.29, 0.717) is 17.4 Å². The van der Waals surface area contributed by atoms with E-state index in [2.05, 4.69) is 5.32 Å². The van der Waals surface area contributed by atoms with Crippen molar-refractivity contribution in [2.24, 2.45) is 0 Å². The van der Waals surface area contributed by atoms with Crippen LogP contribution in [-0.2, 0) is 11.4 Å². The number of aliphatic hydroxyl groups excluding tert-OH is 1. The van der Waals surface area contributed by atoms with Crippen LogP contribution in [0.3, 0.4) is 0 Å². The van der Waals surface area contributed by atoms with E-state index in [0.717, 1.165) is 12.8 Å². The summed E-state index contributed by atoms with van der Waals surface area (Å²) in [6, 6.07) is 4.37. The van der Waals surface area contributed by atoms with Crippen LogP contribution in [0.4, 0.5) is 4.39 Å². The zero-order valence-electron chi connectivity index (χ0n) is 9.99. The Labute approximate surface area is 105 Å². The fraction of sp³-hybridized carbons (Fsp3) is 0.462. The van der Waals surface area contributed by atoms with Crippen LogP contribution in [0, 0.1) is 5.82 Å². The van der Waals surface area contributed by atoms with Gasteiger partial charge in [-0.05, 0) is 30.5 Å². The van der Waals surface area contributed by atoms with Crippen LogP contribution >= 0.6 is 0 Å². The van der Waals surface area contributed by atoms with Crippen LogP contribution in [0.25, 0.3) is 0 Å². The first-order valence-corrected chi connectivity index (χ1v) is 6.00. The van der Waals surface area contributed by atoms with Gasteiger partial charge in [-0.2, -0.15) is 0 Å². The van der Waals surface area contributed by atoms with Crippen LogP contribution in [-0.4, -0.2) is 23.7 Å². The van der Waals surface area contributed by atoms with Gasteiger partial charge in [-0.1, -0.05) is 0 Å². The van der Waals surface area contributed by atoms with Crippen molar-refractivity contribution in [1.29, 1.82) is 0 Å². The number of aliphatic hydroxyl groups is 1. The first-order valence-electron chi connectivity index (χ1n) is 6.00. The molecule has 1 aromatic carbocycles. The normalized spacial score (nSPS) is 14.3. The Kier molecular flexibility index (Phi) is 4.15. The molecule has 1 aromatic rings. The van der Waals surface area contributed by atoms with Crippen LogP contribution in [0.15, 0.2) is 18.2 Å². The van der Waals surface area contributed by atoms with Crippen molar-refractivity contribution in [3.05, 3.63) is 29.6 Å². The van der Waals surface area contributed by atoms with Gasteiger partial charge in [0.15, 0.2) is 0 Å². The Bertz CT molecular complexity index is 432. The third kappa shape index (κ3) is 4.00. The molecule has 18 heavy (non-hydrogen) atoms. The molecule has 1 aliphatic carbocycles. The minimum Gasteiger partial charge on any atom is -0.493 e. The fourth-order valence-corrected chi connectivity index (χ4v) is 1.58. The van der Waals surface area contributed by atoms with E-state index in [4.69, 9.17) is 9.84 Å². The lowest BCUT2D eigenvalue weighted by Gasteiger charge is -2.08. The molecule has 98 valence electrons. The van der Waals surface area contributed by atoms with E-state index in [1.165, 1.54) is 12.1 Å². The maximum Gasteiger partial charge on any atom is 0.223 e. The lowest BCUT2D eigenvalue weighted by Crippen LogP contribution is -2.26. The predicted octanol–water partition coefficient (Wildman–Crippen LogP) is 1.37. The van der Waals surface area contributed by atoms with Crippen molar-refractivity contribution in [3.8, 4) is 5.75 Å². The minimum atomic E-state index is -0.459. The van der Waals surface area contributed by atoms with Gasteiger partial charge in [0.2, 0.25) is 5.91 Å². The molecule has 5 heteroatoms. The molecule has 1 fully saturated rings. The van der Waals surface area contributed by atoms with Crippen LogP contribution in [0.2, 0.25) is 0 Å². The van der Waals surface area contributed by atoms with Crippen molar-refractivity contribution in [1.82, 2.24) is 5.32 Å². The molecular weight excluding hydrogens is 237 g/mol. The first kappa shape index (κ1) is 12.8. The first-order chi connectivity index (χ1) is 8.67. The van der Waals surface area contributed by atoms with Crippen molar-refractivity contribution in [2.75, 3.05) is 6.61 Å². The molecule has 0 radical (unpaired) electrons. The molecule has 0 bridgehead atoms. The van der Waals surface area contributed by atoms with E-state index >= 15 is 0 Å². The average Bonchev–Trinajstić information content (AvgIpc) is 3.12. The maximum absolute atomic E-state index is 13.1. The van der Waals surface area contributed by atoms with Crippen LogP contribution < -0.4 is 10.1 Å². The molecule has 2 rings (SSSR count). The van der Waals surface area contributed by atoms with Crippen molar-refractivity contribution in [3.63, 3.8) is 0 Å². The molecule has 0 unspecified atom stereocenters. The molecule has 0 spiro atoms. The number of benzene rings is 1. The van der Waals surface area contributed by atoms with Gasteiger partial charge in [-0.3, -0.25) is 4.79 Å². The highest BCUT2D eigenvalue weighted by Crippen LogP contribution is 2.19. The largest absolute Gasteiger partial charge is 0.493 e. The maximum atomic E-state index is 13.1. The van der Waals surface area contributed by atoms with Gasteiger partial charge < -0.3 is 15.2 Å². The third-order valence-corrected chi connectivity index (χ3v) is 2.65. The molecule has 1 saturated carbocycles. The van der Waals surface area contributed by atoms with Gasteiger partial charge in [0.25, 0.3) is 0 Å². The number of amides is 1. The van der Waals surface area contributed by atoms with E-state index in [9.17, 15) is 9.18 Å². The summed E-state index contributed by atoms with van der Waals surface area (Å²) in [6.45, 7) is -0.0385. The second-order valence-electron chi connectivity index (χ2n) is 4.39. The average molecular weight is 253 g/mol. The second kappa shape index (κ2) is 5.82. The summed E-state index contributed by atoms with van der Waals surface area (Å²) in [5.74, 6) is -0.173. The predicted molar refractivity (Wildman–Crippen MR) is 63.6 cm³/mol. The van der Waals surface area contributed by atoms with Crippen LogP contribution in [0.5, 0.6) is 5.75 Å². The monoisotopic (exact) mass is 253 g/mol. The van der Waals surface area contributed by atoms with Gasteiger partial charge in [0.1, 0.15) is 11.6 Å². The highest BCUT2D eigenvalue weighted by molar-refractivity contribution is 5.76. The molecule has 0 atom stereocenters. The molecule has 1 aliphatic rings. The molecule has 0 aromatic heterocycles. The zero-order chi connectivity index (χ0) is 13.0. The molecule has 0 heterocycles. The lowest BCUT2D eigenvalue weighted by atomic mass is 10.2. The molecule has 1 amide bonds. The molecule has 4 nitrogen and oxygen atoms in total. The molecule has 0 aliphatic heterocycles. The van der Waals surface area contributed by atoms with Gasteiger partial charge >= 0.3 is 0 Å². The molecular formula is C13H16FNO3. The summed E-state index contributed by atoms with van der Waals surface area (Å²) in [5.41, 5.74) is 0.451. The van der Waals surface area contributed by atoms with E-state index < -0.39 is 5.82 Å². The van der Waals surface area contributed by atoms with Gasteiger partial charge in [0, 0.05) is 12.1 Å². The van der Waals surface area contributed by atoms with E-state index in [-0.39, 0.29) is 25.5 Å². The van der Waals surface area contributed by atoms with Gasteiger partial charge in [-0.25, -0.2) is 4.39 Å².